The minimum Gasteiger partial charge on any atom is -0.491 e. The summed E-state index contributed by atoms with van der Waals surface area (Å²) in [6, 6.07) is 9.39. The zero-order valence-electron chi connectivity index (χ0n) is 12.9. The molecule has 0 saturated carbocycles. The molecule has 1 atom stereocenters. The highest BCUT2D eigenvalue weighted by atomic mass is 16.5. The number of carbonyl (C=O) groups is 1. The van der Waals surface area contributed by atoms with Crippen molar-refractivity contribution in [3.8, 4) is 5.75 Å². The van der Waals surface area contributed by atoms with Crippen LogP contribution in [-0.2, 0) is 4.79 Å². The summed E-state index contributed by atoms with van der Waals surface area (Å²) >= 11 is 0. The summed E-state index contributed by atoms with van der Waals surface area (Å²) in [4.78, 5) is 13.6. The van der Waals surface area contributed by atoms with Gasteiger partial charge in [-0.25, -0.2) is 0 Å². The van der Waals surface area contributed by atoms with E-state index in [1.165, 1.54) is 0 Å². The Morgan fingerprint density at radius 3 is 2.57 bits per heavy atom. The first kappa shape index (κ1) is 17.5. The van der Waals surface area contributed by atoms with Crippen LogP contribution >= 0.6 is 0 Å². The van der Waals surface area contributed by atoms with Crippen molar-refractivity contribution in [2.24, 2.45) is 0 Å². The fraction of sp³-hybridized carbons (Fsp3) is 0.562. The SMILES string of the molecule is CCN(CC)C(=O)CCNCC(O)COc1ccccc1. The lowest BCUT2D eigenvalue weighted by Gasteiger charge is -2.19. The summed E-state index contributed by atoms with van der Waals surface area (Å²) in [7, 11) is 0. The highest BCUT2D eigenvalue weighted by Crippen LogP contribution is 2.08. The first-order valence-corrected chi connectivity index (χ1v) is 7.51. The Hall–Kier alpha value is -1.59. The molecule has 0 saturated heterocycles. The van der Waals surface area contributed by atoms with Crippen LogP contribution in [0, 0.1) is 0 Å². The molecule has 1 aromatic carbocycles. The number of aliphatic hydroxyl groups is 1. The molecule has 5 nitrogen and oxygen atoms in total. The van der Waals surface area contributed by atoms with Crippen LogP contribution in [0.1, 0.15) is 20.3 Å². The minimum absolute atomic E-state index is 0.141. The van der Waals surface area contributed by atoms with Gasteiger partial charge in [-0.3, -0.25) is 4.79 Å². The molecule has 118 valence electrons. The second-order valence-corrected chi connectivity index (χ2v) is 4.80. The molecule has 0 fully saturated rings. The number of para-hydroxylation sites is 1. The summed E-state index contributed by atoms with van der Waals surface area (Å²) in [5, 5.41) is 12.9. The Balaban J connectivity index is 2.11. The number of amides is 1. The predicted octanol–water partition coefficient (Wildman–Crippen LogP) is 1.27. The third-order valence-corrected chi connectivity index (χ3v) is 3.20. The predicted molar refractivity (Wildman–Crippen MR) is 83.4 cm³/mol. The van der Waals surface area contributed by atoms with E-state index in [1.807, 2.05) is 44.2 Å². The standard InChI is InChI=1S/C16H26N2O3/c1-3-18(4-2)16(20)10-11-17-12-14(19)13-21-15-8-6-5-7-9-15/h5-9,14,17,19H,3-4,10-13H2,1-2H3. The molecular formula is C16H26N2O3. The molecule has 0 aliphatic rings. The van der Waals surface area contributed by atoms with Crippen LogP contribution in [0.5, 0.6) is 5.75 Å². The number of benzene rings is 1. The lowest BCUT2D eigenvalue weighted by molar-refractivity contribution is -0.130. The van der Waals surface area contributed by atoms with Gasteiger partial charge in [-0.2, -0.15) is 0 Å². The maximum atomic E-state index is 11.8. The lowest BCUT2D eigenvalue weighted by atomic mass is 10.3. The van der Waals surface area contributed by atoms with Crippen LogP contribution in [-0.4, -0.2) is 54.8 Å². The third kappa shape index (κ3) is 7.11. The third-order valence-electron chi connectivity index (χ3n) is 3.20. The molecular weight excluding hydrogens is 268 g/mol. The molecule has 5 heteroatoms. The van der Waals surface area contributed by atoms with Gasteiger partial charge in [0.25, 0.3) is 0 Å². The van der Waals surface area contributed by atoms with Crippen LogP contribution in [0.15, 0.2) is 30.3 Å². The van der Waals surface area contributed by atoms with Crippen molar-refractivity contribution >= 4 is 5.91 Å². The van der Waals surface area contributed by atoms with Crippen LogP contribution < -0.4 is 10.1 Å². The first-order chi connectivity index (χ1) is 10.2. The van der Waals surface area contributed by atoms with E-state index in [0.29, 0.717) is 19.5 Å². The second-order valence-electron chi connectivity index (χ2n) is 4.80. The highest BCUT2D eigenvalue weighted by Gasteiger charge is 2.09. The van der Waals surface area contributed by atoms with Gasteiger partial charge in [0.05, 0.1) is 0 Å². The van der Waals surface area contributed by atoms with Gasteiger partial charge in [-0.15, -0.1) is 0 Å². The fourth-order valence-electron chi connectivity index (χ4n) is 1.97. The average molecular weight is 294 g/mol. The van der Waals surface area contributed by atoms with Gasteiger partial charge in [0.15, 0.2) is 0 Å². The molecule has 2 N–H and O–H groups in total. The number of rotatable bonds is 10. The monoisotopic (exact) mass is 294 g/mol. The molecule has 0 spiro atoms. The van der Waals surface area contributed by atoms with Gasteiger partial charge in [-0.1, -0.05) is 18.2 Å². The number of hydrogen-bond donors (Lipinski definition) is 2. The van der Waals surface area contributed by atoms with Crippen LogP contribution in [0.3, 0.4) is 0 Å². The number of ether oxygens (including phenoxy) is 1. The zero-order chi connectivity index (χ0) is 15.5. The van der Waals surface area contributed by atoms with Gasteiger partial charge in [-0.05, 0) is 26.0 Å². The maximum absolute atomic E-state index is 11.8. The first-order valence-electron chi connectivity index (χ1n) is 7.51. The van der Waals surface area contributed by atoms with Gasteiger partial charge in [0.2, 0.25) is 5.91 Å². The molecule has 21 heavy (non-hydrogen) atoms. The van der Waals surface area contributed by atoms with E-state index in [-0.39, 0.29) is 12.5 Å². The number of aliphatic hydroxyl groups excluding tert-OH is 1. The topological polar surface area (TPSA) is 61.8 Å². The molecule has 1 unspecified atom stereocenters. The van der Waals surface area contributed by atoms with Crippen molar-refractivity contribution in [3.63, 3.8) is 0 Å². The molecule has 0 aliphatic carbocycles. The van der Waals surface area contributed by atoms with Crippen molar-refractivity contribution in [3.05, 3.63) is 30.3 Å². The molecule has 0 heterocycles. The van der Waals surface area contributed by atoms with Gasteiger partial charge < -0.3 is 20.1 Å². The van der Waals surface area contributed by atoms with E-state index in [9.17, 15) is 9.90 Å². The zero-order valence-corrected chi connectivity index (χ0v) is 12.9. The van der Waals surface area contributed by atoms with E-state index < -0.39 is 6.10 Å². The molecule has 1 rings (SSSR count). The van der Waals surface area contributed by atoms with Gasteiger partial charge in [0.1, 0.15) is 18.5 Å². The molecule has 0 radical (unpaired) electrons. The second kappa shape index (κ2) is 10.2. The van der Waals surface area contributed by atoms with Crippen molar-refractivity contribution in [1.82, 2.24) is 10.2 Å². The van der Waals surface area contributed by atoms with E-state index in [1.54, 1.807) is 4.90 Å². The number of hydrogen-bond acceptors (Lipinski definition) is 4. The van der Waals surface area contributed by atoms with E-state index in [2.05, 4.69) is 5.32 Å². The lowest BCUT2D eigenvalue weighted by Crippen LogP contribution is -2.36. The fourth-order valence-corrected chi connectivity index (χ4v) is 1.97. The molecule has 1 aromatic rings. The van der Waals surface area contributed by atoms with E-state index in [0.717, 1.165) is 18.8 Å². The Bertz CT molecular complexity index is 394. The summed E-state index contributed by atoms with van der Waals surface area (Å²) in [5.41, 5.74) is 0. The van der Waals surface area contributed by atoms with Crippen LogP contribution in [0.2, 0.25) is 0 Å². The summed E-state index contributed by atoms with van der Waals surface area (Å²) in [6.07, 6.45) is -0.137. The molecule has 1 amide bonds. The molecule has 0 bridgehead atoms. The summed E-state index contributed by atoms with van der Waals surface area (Å²) < 4.78 is 5.45. The van der Waals surface area contributed by atoms with Gasteiger partial charge in [0, 0.05) is 32.6 Å². The summed E-state index contributed by atoms with van der Waals surface area (Å²) in [5.74, 6) is 0.885. The van der Waals surface area contributed by atoms with Crippen molar-refractivity contribution in [2.45, 2.75) is 26.4 Å². The number of nitrogens with one attached hydrogen (secondary N) is 1. The van der Waals surface area contributed by atoms with Crippen molar-refractivity contribution in [2.75, 3.05) is 32.8 Å². The Morgan fingerprint density at radius 2 is 1.95 bits per heavy atom. The van der Waals surface area contributed by atoms with E-state index in [4.69, 9.17) is 4.74 Å². The van der Waals surface area contributed by atoms with Crippen molar-refractivity contribution < 1.29 is 14.6 Å². The Kier molecular flexibility index (Phi) is 8.47. The van der Waals surface area contributed by atoms with Crippen LogP contribution in [0.4, 0.5) is 0 Å². The minimum atomic E-state index is -0.589. The maximum Gasteiger partial charge on any atom is 0.223 e. The Labute approximate surface area is 126 Å². The highest BCUT2D eigenvalue weighted by molar-refractivity contribution is 5.76. The molecule has 0 aromatic heterocycles. The normalized spacial score (nSPS) is 12.0. The van der Waals surface area contributed by atoms with E-state index >= 15 is 0 Å². The number of carbonyl (C=O) groups excluding carboxylic acids is 1. The van der Waals surface area contributed by atoms with Crippen LogP contribution in [0.25, 0.3) is 0 Å². The average Bonchev–Trinajstić information content (AvgIpc) is 2.52. The molecule has 0 aliphatic heterocycles. The van der Waals surface area contributed by atoms with Crippen molar-refractivity contribution in [1.29, 1.82) is 0 Å². The summed E-state index contributed by atoms with van der Waals surface area (Å²) in [6.45, 7) is 6.64. The smallest absolute Gasteiger partial charge is 0.223 e. The number of nitrogens with zero attached hydrogens (tertiary/aromatic N) is 1. The largest absolute Gasteiger partial charge is 0.491 e. The quantitative estimate of drug-likeness (QED) is 0.638. The van der Waals surface area contributed by atoms with Gasteiger partial charge >= 0.3 is 0 Å². The Morgan fingerprint density at radius 1 is 1.29 bits per heavy atom.